The molecule has 0 fully saturated rings. The van der Waals surface area contributed by atoms with Crippen LogP contribution in [0.15, 0.2) is 48.5 Å². The van der Waals surface area contributed by atoms with Crippen LogP contribution in [0.4, 0.5) is 14.7 Å². The van der Waals surface area contributed by atoms with E-state index >= 15 is 0 Å². The lowest BCUT2D eigenvalue weighted by molar-refractivity contribution is 0.418. The summed E-state index contributed by atoms with van der Waals surface area (Å²) in [5.41, 5.74) is 6.54. The van der Waals surface area contributed by atoms with Crippen LogP contribution in [0.5, 0.6) is 11.6 Å². The maximum atomic E-state index is 13.7. The maximum absolute atomic E-state index is 13.7. The number of hydrogen-bond donors (Lipinski definition) is 1. The summed E-state index contributed by atoms with van der Waals surface area (Å²) >= 11 is 0. The number of rotatable bonds is 3. The number of hydrogen-bond acceptors (Lipinski definition) is 5. The zero-order chi connectivity index (χ0) is 15.5. The molecule has 0 spiro atoms. The van der Waals surface area contributed by atoms with Crippen LogP contribution in [0, 0.1) is 11.6 Å². The largest absolute Gasteiger partial charge is 0.433 e. The van der Waals surface area contributed by atoms with Gasteiger partial charge in [0, 0.05) is 11.6 Å². The van der Waals surface area contributed by atoms with E-state index in [0.717, 1.165) is 18.2 Å². The number of nitrogens with two attached hydrogens (primary N) is 1. The number of nitrogen functional groups attached to an aromatic ring is 1. The van der Waals surface area contributed by atoms with E-state index in [-0.39, 0.29) is 17.6 Å². The van der Waals surface area contributed by atoms with E-state index in [1.165, 1.54) is 0 Å². The Morgan fingerprint density at radius 1 is 0.955 bits per heavy atom. The number of halogens is 2. The summed E-state index contributed by atoms with van der Waals surface area (Å²) in [6.07, 6.45) is 0. The highest BCUT2D eigenvalue weighted by Crippen LogP contribution is 2.31. The number of benzene rings is 2. The van der Waals surface area contributed by atoms with Gasteiger partial charge in [0.1, 0.15) is 11.5 Å². The molecule has 3 rings (SSSR count). The fourth-order valence-electron chi connectivity index (χ4n) is 1.84. The zero-order valence-corrected chi connectivity index (χ0v) is 11.2. The minimum atomic E-state index is -0.849. The Balaban J connectivity index is 2.04. The van der Waals surface area contributed by atoms with E-state index in [1.54, 1.807) is 24.3 Å². The van der Waals surface area contributed by atoms with Gasteiger partial charge in [-0.2, -0.15) is 0 Å². The third-order valence-corrected chi connectivity index (χ3v) is 2.82. The van der Waals surface area contributed by atoms with Gasteiger partial charge in [0.25, 0.3) is 5.88 Å². The number of ether oxygens (including phenoxy) is 1. The van der Waals surface area contributed by atoms with Crippen molar-refractivity contribution >= 4 is 5.95 Å². The van der Waals surface area contributed by atoms with Gasteiger partial charge in [-0.15, -0.1) is 10.2 Å². The van der Waals surface area contributed by atoms with Crippen molar-refractivity contribution in [2.24, 2.45) is 0 Å². The van der Waals surface area contributed by atoms with Gasteiger partial charge in [0.2, 0.25) is 5.95 Å². The Morgan fingerprint density at radius 3 is 2.45 bits per heavy atom. The second kappa shape index (κ2) is 5.72. The summed E-state index contributed by atoms with van der Waals surface area (Å²) in [7, 11) is 0. The first-order valence-corrected chi connectivity index (χ1v) is 6.32. The first kappa shape index (κ1) is 13.9. The van der Waals surface area contributed by atoms with Crippen molar-refractivity contribution in [3.05, 3.63) is 60.2 Å². The van der Waals surface area contributed by atoms with E-state index in [1.807, 2.05) is 6.07 Å². The van der Waals surface area contributed by atoms with E-state index in [0.29, 0.717) is 11.3 Å². The highest BCUT2D eigenvalue weighted by Gasteiger charge is 2.15. The predicted octanol–water partition coefficient (Wildman–Crippen LogP) is 3.19. The summed E-state index contributed by atoms with van der Waals surface area (Å²) in [6.45, 7) is 0. The van der Waals surface area contributed by atoms with Crippen LogP contribution in [0.2, 0.25) is 0 Å². The van der Waals surface area contributed by atoms with Gasteiger partial charge in [0.05, 0.1) is 0 Å². The third-order valence-electron chi connectivity index (χ3n) is 2.82. The normalized spacial score (nSPS) is 10.5. The fourth-order valence-corrected chi connectivity index (χ4v) is 1.84. The molecule has 0 radical (unpaired) electrons. The lowest BCUT2D eigenvalue weighted by Crippen LogP contribution is -2.03. The molecule has 0 saturated carbocycles. The van der Waals surface area contributed by atoms with E-state index in [9.17, 15) is 8.78 Å². The molecule has 0 aliphatic carbocycles. The van der Waals surface area contributed by atoms with Crippen LogP contribution in [-0.2, 0) is 0 Å². The highest BCUT2D eigenvalue weighted by molar-refractivity contribution is 5.65. The van der Waals surface area contributed by atoms with Crippen molar-refractivity contribution in [1.29, 1.82) is 0 Å². The van der Waals surface area contributed by atoms with Crippen molar-refractivity contribution < 1.29 is 13.5 Å². The number of anilines is 1. The Labute approximate surface area is 124 Å². The lowest BCUT2D eigenvalue weighted by atomic mass is 10.1. The average Bonchev–Trinajstić information content (AvgIpc) is 2.52. The van der Waals surface area contributed by atoms with E-state index in [2.05, 4.69) is 15.2 Å². The molecule has 0 bridgehead atoms. The molecule has 110 valence electrons. The Morgan fingerprint density at radius 2 is 1.73 bits per heavy atom. The van der Waals surface area contributed by atoms with Gasteiger partial charge >= 0.3 is 0 Å². The molecule has 3 aromatic rings. The molecule has 7 heteroatoms. The maximum Gasteiger partial charge on any atom is 0.266 e. The topological polar surface area (TPSA) is 73.9 Å². The molecular formula is C15H10F2N4O. The molecule has 0 saturated heterocycles. The number of nitrogens with zero attached hydrogens (tertiary/aromatic N) is 3. The molecule has 22 heavy (non-hydrogen) atoms. The molecular weight excluding hydrogens is 290 g/mol. The Bertz CT molecular complexity index is 812. The molecule has 0 aliphatic rings. The Hall–Kier alpha value is -3.09. The summed E-state index contributed by atoms with van der Waals surface area (Å²) in [5, 5.41) is 7.40. The second-order valence-corrected chi connectivity index (χ2v) is 4.37. The lowest BCUT2D eigenvalue weighted by Gasteiger charge is -2.09. The quantitative estimate of drug-likeness (QED) is 0.804. The van der Waals surface area contributed by atoms with Crippen molar-refractivity contribution in [3.63, 3.8) is 0 Å². The minimum Gasteiger partial charge on any atom is -0.433 e. The molecule has 2 aromatic carbocycles. The molecule has 0 atom stereocenters. The SMILES string of the molecule is Nc1nnc(Oc2ccc(F)cc2F)c(-c2ccccc2)n1. The zero-order valence-electron chi connectivity index (χ0n) is 11.2. The molecule has 0 amide bonds. The summed E-state index contributed by atoms with van der Waals surface area (Å²) < 4.78 is 32.0. The van der Waals surface area contributed by atoms with Crippen LogP contribution in [-0.4, -0.2) is 15.2 Å². The van der Waals surface area contributed by atoms with Gasteiger partial charge < -0.3 is 10.5 Å². The standard InChI is InChI=1S/C15H10F2N4O/c16-10-6-7-12(11(17)8-10)22-14-13(19-15(18)21-20-14)9-4-2-1-3-5-9/h1-8H,(H2,18,19,21). The fraction of sp³-hybridized carbons (Fsp3) is 0. The highest BCUT2D eigenvalue weighted by atomic mass is 19.1. The summed E-state index contributed by atoms with van der Waals surface area (Å²) in [4.78, 5) is 4.07. The molecule has 2 N–H and O–H groups in total. The van der Waals surface area contributed by atoms with E-state index < -0.39 is 11.6 Å². The first-order valence-electron chi connectivity index (χ1n) is 6.32. The minimum absolute atomic E-state index is 0.0223. The summed E-state index contributed by atoms with van der Waals surface area (Å²) in [5.74, 6) is -1.79. The van der Waals surface area contributed by atoms with Gasteiger partial charge in [-0.1, -0.05) is 30.3 Å². The summed E-state index contributed by atoms with van der Waals surface area (Å²) in [6, 6.07) is 12.0. The van der Waals surface area contributed by atoms with Gasteiger partial charge in [-0.25, -0.2) is 13.8 Å². The van der Waals surface area contributed by atoms with Crippen LogP contribution in [0.1, 0.15) is 0 Å². The Kier molecular flexibility index (Phi) is 3.61. The van der Waals surface area contributed by atoms with Crippen LogP contribution < -0.4 is 10.5 Å². The smallest absolute Gasteiger partial charge is 0.266 e. The molecule has 5 nitrogen and oxygen atoms in total. The second-order valence-electron chi connectivity index (χ2n) is 4.37. The van der Waals surface area contributed by atoms with E-state index in [4.69, 9.17) is 10.5 Å². The van der Waals surface area contributed by atoms with Crippen LogP contribution in [0.25, 0.3) is 11.3 Å². The number of aromatic nitrogens is 3. The third kappa shape index (κ3) is 2.83. The monoisotopic (exact) mass is 300 g/mol. The molecule has 1 heterocycles. The van der Waals surface area contributed by atoms with Gasteiger partial charge in [0.15, 0.2) is 11.6 Å². The van der Waals surface area contributed by atoms with Crippen LogP contribution >= 0.6 is 0 Å². The average molecular weight is 300 g/mol. The van der Waals surface area contributed by atoms with Crippen molar-refractivity contribution in [2.45, 2.75) is 0 Å². The van der Waals surface area contributed by atoms with Crippen LogP contribution in [0.3, 0.4) is 0 Å². The predicted molar refractivity (Wildman–Crippen MR) is 76.1 cm³/mol. The first-order chi connectivity index (χ1) is 10.6. The van der Waals surface area contributed by atoms with Gasteiger partial charge in [-0.05, 0) is 12.1 Å². The molecule has 0 unspecified atom stereocenters. The van der Waals surface area contributed by atoms with Crippen molar-refractivity contribution in [3.8, 4) is 22.9 Å². The van der Waals surface area contributed by atoms with Gasteiger partial charge in [-0.3, -0.25) is 0 Å². The van der Waals surface area contributed by atoms with Crippen molar-refractivity contribution in [1.82, 2.24) is 15.2 Å². The molecule has 1 aromatic heterocycles. The molecule has 0 aliphatic heterocycles. The van der Waals surface area contributed by atoms with Crippen molar-refractivity contribution in [2.75, 3.05) is 5.73 Å².